The van der Waals surface area contributed by atoms with Gasteiger partial charge in [0.1, 0.15) is 11.4 Å². The highest BCUT2D eigenvalue weighted by Gasteiger charge is 2.19. The van der Waals surface area contributed by atoms with E-state index in [1.165, 1.54) is 31.4 Å². The van der Waals surface area contributed by atoms with E-state index in [0.29, 0.717) is 29.1 Å². The summed E-state index contributed by atoms with van der Waals surface area (Å²) in [6.07, 6.45) is 4.77. The molecule has 5 heteroatoms. The van der Waals surface area contributed by atoms with Gasteiger partial charge in [0.05, 0.1) is 0 Å². The summed E-state index contributed by atoms with van der Waals surface area (Å²) in [5.74, 6) is -0.272. The molecule has 1 aromatic carbocycles. The number of nitrogens with one attached hydrogen (secondary N) is 1. The summed E-state index contributed by atoms with van der Waals surface area (Å²) >= 11 is 0. The monoisotopic (exact) mass is 332 g/mol. The Balaban J connectivity index is 1.54. The molecular formula is C19H25FN2O2. The zero-order valence-corrected chi connectivity index (χ0v) is 14.4. The largest absolute Gasteiger partial charge is 0.451 e. The summed E-state index contributed by atoms with van der Waals surface area (Å²) in [5, 5.41) is 3.57. The number of aryl methyl sites for hydroxylation is 1. The fourth-order valence-corrected chi connectivity index (χ4v) is 3.46. The Labute approximate surface area is 142 Å². The van der Waals surface area contributed by atoms with Gasteiger partial charge in [-0.25, -0.2) is 4.39 Å². The van der Waals surface area contributed by atoms with Gasteiger partial charge >= 0.3 is 0 Å². The summed E-state index contributed by atoms with van der Waals surface area (Å²) in [7, 11) is 0. The fourth-order valence-electron chi connectivity index (χ4n) is 3.46. The minimum absolute atomic E-state index is 0.226. The van der Waals surface area contributed by atoms with Crippen LogP contribution in [0, 0.1) is 12.7 Å². The average Bonchev–Trinajstić information content (AvgIpc) is 2.89. The molecule has 0 radical (unpaired) electrons. The van der Waals surface area contributed by atoms with Gasteiger partial charge in [-0.2, -0.15) is 0 Å². The van der Waals surface area contributed by atoms with E-state index in [1.54, 1.807) is 13.0 Å². The van der Waals surface area contributed by atoms with Crippen molar-refractivity contribution in [3.63, 3.8) is 0 Å². The smallest absolute Gasteiger partial charge is 0.287 e. The predicted octanol–water partition coefficient (Wildman–Crippen LogP) is 3.87. The molecule has 3 rings (SSSR count). The van der Waals surface area contributed by atoms with Crippen LogP contribution < -0.4 is 5.32 Å². The fraction of sp³-hybridized carbons (Fsp3) is 0.526. The summed E-state index contributed by atoms with van der Waals surface area (Å²) in [5.41, 5.74) is 1.23. The second kappa shape index (κ2) is 7.34. The van der Waals surface area contributed by atoms with E-state index in [4.69, 9.17) is 4.42 Å². The van der Waals surface area contributed by atoms with Crippen molar-refractivity contribution in [2.45, 2.75) is 45.6 Å². The second-order valence-electron chi connectivity index (χ2n) is 6.69. The molecule has 4 nitrogen and oxygen atoms in total. The molecule has 24 heavy (non-hydrogen) atoms. The van der Waals surface area contributed by atoms with E-state index in [0.717, 1.165) is 19.5 Å². The first-order chi connectivity index (χ1) is 11.6. The predicted molar refractivity (Wildman–Crippen MR) is 92.7 cm³/mol. The van der Waals surface area contributed by atoms with Crippen LogP contribution in [0.4, 0.5) is 4.39 Å². The van der Waals surface area contributed by atoms with E-state index in [-0.39, 0.29) is 17.5 Å². The maximum atomic E-state index is 13.3. The van der Waals surface area contributed by atoms with Gasteiger partial charge in [-0.3, -0.25) is 4.79 Å². The van der Waals surface area contributed by atoms with Crippen LogP contribution in [-0.2, 0) is 0 Å². The van der Waals surface area contributed by atoms with Crippen LogP contribution in [0.15, 0.2) is 22.6 Å². The second-order valence-corrected chi connectivity index (χ2v) is 6.69. The minimum atomic E-state index is -0.325. The zero-order valence-electron chi connectivity index (χ0n) is 14.4. The lowest BCUT2D eigenvalue weighted by atomic mass is 10.0. The topological polar surface area (TPSA) is 45.5 Å². The van der Waals surface area contributed by atoms with Crippen LogP contribution in [0.3, 0.4) is 0 Å². The highest BCUT2D eigenvalue weighted by Crippen LogP contribution is 2.25. The van der Waals surface area contributed by atoms with Crippen molar-refractivity contribution in [2.24, 2.45) is 0 Å². The van der Waals surface area contributed by atoms with E-state index < -0.39 is 0 Å². The zero-order chi connectivity index (χ0) is 17.1. The molecule has 0 spiro atoms. The number of piperidine rings is 1. The van der Waals surface area contributed by atoms with Gasteiger partial charge in [0.15, 0.2) is 5.76 Å². The first kappa shape index (κ1) is 17.0. The molecule has 1 atom stereocenters. The van der Waals surface area contributed by atoms with Crippen molar-refractivity contribution >= 4 is 16.9 Å². The molecule has 1 aliphatic heterocycles. The Morgan fingerprint density at radius 1 is 1.42 bits per heavy atom. The third-order valence-corrected chi connectivity index (χ3v) is 4.95. The molecule has 1 amide bonds. The van der Waals surface area contributed by atoms with Crippen LogP contribution in [0.1, 0.15) is 48.7 Å². The van der Waals surface area contributed by atoms with E-state index in [2.05, 4.69) is 17.1 Å². The van der Waals surface area contributed by atoms with Crippen molar-refractivity contribution in [1.29, 1.82) is 0 Å². The standard InChI is InChI=1S/C19H25FN2O2/c1-13-6-3-4-10-22(13)11-5-9-21-19(23)18-14(2)16-12-15(20)7-8-17(16)24-18/h7-8,12-13H,3-6,9-11H2,1-2H3,(H,21,23). The molecule has 130 valence electrons. The number of halogens is 1. The number of hydrogen-bond donors (Lipinski definition) is 1. The van der Waals surface area contributed by atoms with Gasteiger partial charge in [0.2, 0.25) is 0 Å². The minimum Gasteiger partial charge on any atom is -0.451 e. The summed E-state index contributed by atoms with van der Waals surface area (Å²) in [6, 6.07) is 4.95. The number of fused-ring (bicyclic) bond motifs is 1. The molecule has 2 heterocycles. The summed E-state index contributed by atoms with van der Waals surface area (Å²) in [4.78, 5) is 14.8. The molecule has 1 saturated heterocycles. The quantitative estimate of drug-likeness (QED) is 0.845. The molecule has 0 aliphatic carbocycles. The van der Waals surface area contributed by atoms with Crippen molar-refractivity contribution in [3.05, 3.63) is 35.3 Å². The Bertz CT molecular complexity index is 725. The normalized spacial score (nSPS) is 18.9. The first-order valence-electron chi connectivity index (χ1n) is 8.77. The lowest BCUT2D eigenvalue weighted by Crippen LogP contribution is -2.39. The number of amides is 1. The Morgan fingerprint density at radius 2 is 2.25 bits per heavy atom. The average molecular weight is 332 g/mol. The van der Waals surface area contributed by atoms with Crippen LogP contribution in [0.25, 0.3) is 11.0 Å². The lowest BCUT2D eigenvalue weighted by Gasteiger charge is -2.33. The number of carbonyl (C=O) groups is 1. The number of furan rings is 1. The van der Waals surface area contributed by atoms with E-state index >= 15 is 0 Å². The third kappa shape index (κ3) is 3.61. The van der Waals surface area contributed by atoms with Gasteiger partial charge in [0.25, 0.3) is 5.91 Å². The number of carbonyl (C=O) groups excluding carboxylic acids is 1. The van der Waals surface area contributed by atoms with E-state index in [9.17, 15) is 9.18 Å². The molecule has 2 aromatic rings. The molecule has 1 N–H and O–H groups in total. The molecule has 0 bridgehead atoms. The highest BCUT2D eigenvalue weighted by atomic mass is 19.1. The maximum Gasteiger partial charge on any atom is 0.287 e. The Morgan fingerprint density at radius 3 is 3.04 bits per heavy atom. The van der Waals surface area contributed by atoms with Gasteiger partial charge in [-0.1, -0.05) is 6.42 Å². The van der Waals surface area contributed by atoms with Gasteiger partial charge in [-0.15, -0.1) is 0 Å². The van der Waals surface area contributed by atoms with Crippen molar-refractivity contribution in [3.8, 4) is 0 Å². The maximum absolute atomic E-state index is 13.3. The molecule has 1 fully saturated rings. The van der Waals surface area contributed by atoms with Crippen molar-refractivity contribution in [1.82, 2.24) is 10.2 Å². The lowest BCUT2D eigenvalue weighted by molar-refractivity contribution is 0.0922. The molecule has 1 unspecified atom stereocenters. The van der Waals surface area contributed by atoms with Crippen LogP contribution >= 0.6 is 0 Å². The molecule has 1 aromatic heterocycles. The number of hydrogen-bond acceptors (Lipinski definition) is 3. The molecule has 1 aliphatic rings. The first-order valence-corrected chi connectivity index (χ1v) is 8.77. The van der Waals surface area contributed by atoms with Gasteiger partial charge in [0, 0.05) is 30.1 Å². The van der Waals surface area contributed by atoms with Gasteiger partial charge in [-0.05, 0) is 57.9 Å². The van der Waals surface area contributed by atoms with Crippen LogP contribution in [-0.4, -0.2) is 36.5 Å². The van der Waals surface area contributed by atoms with E-state index in [1.807, 2.05) is 0 Å². The van der Waals surface area contributed by atoms with Crippen molar-refractivity contribution < 1.29 is 13.6 Å². The van der Waals surface area contributed by atoms with Crippen LogP contribution in [0.5, 0.6) is 0 Å². The van der Waals surface area contributed by atoms with Crippen LogP contribution in [0.2, 0.25) is 0 Å². The number of benzene rings is 1. The number of rotatable bonds is 5. The van der Waals surface area contributed by atoms with Gasteiger partial charge < -0.3 is 14.6 Å². The SMILES string of the molecule is Cc1c(C(=O)NCCCN2CCCCC2C)oc2ccc(F)cc12. The molecular weight excluding hydrogens is 307 g/mol. The summed E-state index contributed by atoms with van der Waals surface area (Å²) < 4.78 is 18.9. The third-order valence-electron chi connectivity index (χ3n) is 4.95. The Hall–Kier alpha value is -1.88. The highest BCUT2D eigenvalue weighted by molar-refractivity contribution is 5.98. The van der Waals surface area contributed by atoms with Crippen molar-refractivity contribution in [2.75, 3.05) is 19.6 Å². The Kier molecular flexibility index (Phi) is 5.19. The number of likely N-dealkylation sites (tertiary alicyclic amines) is 1. The number of nitrogens with zero attached hydrogens (tertiary/aromatic N) is 1. The molecule has 0 saturated carbocycles. The summed E-state index contributed by atoms with van der Waals surface area (Å²) in [6.45, 7) is 6.84.